The molecule has 0 unspecified atom stereocenters. The van der Waals surface area contributed by atoms with E-state index in [0.717, 1.165) is 32.0 Å². The van der Waals surface area contributed by atoms with Gasteiger partial charge in [-0.25, -0.2) is 9.97 Å². The topological polar surface area (TPSA) is 59.0 Å². The lowest BCUT2D eigenvalue weighted by Crippen LogP contribution is -2.30. The summed E-state index contributed by atoms with van der Waals surface area (Å²) in [4.78, 5) is 29.2. The molecule has 3 aromatic heterocycles. The third-order valence-electron chi connectivity index (χ3n) is 4.25. The van der Waals surface area contributed by atoms with Gasteiger partial charge in [-0.3, -0.25) is 14.7 Å². The summed E-state index contributed by atoms with van der Waals surface area (Å²) in [5.41, 5.74) is 3.77. The standard InChI is InChI=1S/C20H18N4OS2/c1-12-6-4-8-16-17(12)23-20(27-16)24(11-15-7-5-9-21-10-15)19(25)18-13(2)22-14(3)26-18/h4-10H,11H2,1-3H3. The second-order valence-corrected chi connectivity index (χ2v) is 8.53. The molecule has 0 aliphatic carbocycles. The van der Waals surface area contributed by atoms with Crippen LogP contribution in [0.15, 0.2) is 42.7 Å². The van der Waals surface area contributed by atoms with Gasteiger partial charge in [0.2, 0.25) is 0 Å². The zero-order chi connectivity index (χ0) is 19.0. The molecule has 136 valence electrons. The molecular weight excluding hydrogens is 376 g/mol. The Morgan fingerprint density at radius 1 is 1.07 bits per heavy atom. The van der Waals surface area contributed by atoms with E-state index in [1.807, 2.05) is 51.1 Å². The van der Waals surface area contributed by atoms with Gasteiger partial charge < -0.3 is 0 Å². The molecule has 0 fully saturated rings. The highest BCUT2D eigenvalue weighted by Gasteiger charge is 2.25. The molecule has 4 aromatic rings. The number of thiazole rings is 2. The van der Waals surface area contributed by atoms with Gasteiger partial charge in [0.15, 0.2) is 5.13 Å². The lowest BCUT2D eigenvalue weighted by Gasteiger charge is -2.19. The maximum absolute atomic E-state index is 13.4. The van der Waals surface area contributed by atoms with Crippen LogP contribution in [-0.4, -0.2) is 20.9 Å². The molecule has 0 saturated heterocycles. The molecule has 0 spiro atoms. The Bertz CT molecular complexity index is 1120. The van der Waals surface area contributed by atoms with Crippen molar-refractivity contribution in [2.75, 3.05) is 4.90 Å². The minimum atomic E-state index is -0.0707. The van der Waals surface area contributed by atoms with Crippen molar-refractivity contribution >= 4 is 43.9 Å². The summed E-state index contributed by atoms with van der Waals surface area (Å²) in [5.74, 6) is -0.0707. The predicted octanol–water partition coefficient (Wildman–Crippen LogP) is 4.92. The summed E-state index contributed by atoms with van der Waals surface area (Å²) < 4.78 is 1.08. The minimum Gasteiger partial charge on any atom is -0.279 e. The molecule has 0 saturated carbocycles. The van der Waals surface area contributed by atoms with E-state index in [1.165, 1.54) is 22.7 Å². The highest BCUT2D eigenvalue weighted by atomic mass is 32.1. The van der Waals surface area contributed by atoms with Gasteiger partial charge >= 0.3 is 0 Å². The quantitative estimate of drug-likeness (QED) is 0.493. The number of aryl methyl sites for hydroxylation is 3. The van der Waals surface area contributed by atoms with Gasteiger partial charge in [0.05, 0.1) is 27.5 Å². The number of hydrogen-bond donors (Lipinski definition) is 0. The van der Waals surface area contributed by atoms with Crippen molar-refractivity contribution in [3.63, 3.8) is 0 Å². The number of fused-ring (bicyclic) bond motifs is 1. The first-order chi connectivity index (χ1) is 13.0. The smallest absolute Gasteiger partial charge is 0.272 e. The maximum Gasteiger partial charge on any atom is 0.272 e. The fraction of sp³-hybridized carbons (Fsp3) is 0.200. The van der Waals surface area contributed by atoms with Crippen LogP contribution in [0.1, 0.15) is 31.5 Å². The highest BCUT2D eigenvalue weighted by Crippen LogP contribution is 2.33. The fourth-order valence-electron chi connectivity index (χ4n) is 2.94. The molecule has 1 amide bonds. The van der Waals surface area contributed by atoms with Crippen LogP contribution < -0.4 is 4.90 Å². The van der Waals surface area contributed by atoms with Gasteiger partial charge in [0.1, 0.15) is 4.88 Å². The average molecular weight is 395 g/mol. The van der Waals surface area contributed by atoms with Crippen molar-refractivity contribution in [3.05, 3.63) is 69.4 Å². The van der Waals surface area contributed by atoms with Crippen molar-refractivity contribution in [2.45, 2.75) is 27.3 Å². The molecule has 4 rings (SSSR count). The Labute approximate surface area is 165 Å². The summed E-state index contributed by atoms with van der Waals surface area (Å²) in [6.45, 7) is 6.25. The molecule has 0 aliphatic rings. The zero-order valence-corrected chi connectivity index (χ0v) is 16.9. The van der Waals surface area contributed by atoms with Crippen LogP contribution in [0.25, 0.3) is 10.2 Å². The number of aromatic nitrogens is 3. The van der Waals surface area contributed by atoms with E-state index in [1.54, 1.807) is 17.3 Å². The van der Waals surface area contributed by atoms with Crippen LogP contribution in [0.2, 0.25) is 0 Å². The Morgan fingerprint density at radius 2 is 1.93 bits per heavy atom. The summed E-state index contributed by atoms with van der Waals surface area (Å²) in [7, 11) is 0. The summed E-state index contributed by atoms with van der Waals surface area (Å²) >= 11 is 2.96. The zero-order valence-electron chi connectivity index (χ0n) is 15.3. The number of amides is 1. The largest absolute Gasteiger partial charge is 0.279 e. The van der Waals surface area contributed by atoms with Crippen LogP contribution >= 0.6 is 22.7 Å². The number of carbonyl (C=O) groups excluding carboxylic acids is 1. The van der Waals surface area contributed by atoms with Gasteiger partial charge in [-0.1, -0.05) is 29.5 Å². The van der Waals surface area contributed by atoms with E-state index in [9.17, 15) is 4.79 Å². The number of hydrogen-bond acceptors (Lipinski definition) is 6. The predicted molar refractivity (Wildman–Crippen MR) is 111 cm³/mol. The van der Waals surface area contributed by atoms with Gasteiger partial charge in [-0.15, -0.1) is 11.3 Å². The van der Waals surface area contributed by atoms with E-state index in [-0.39, 0.29) is 5.91 Å². The molecule has 0 bridgehead atoms. The Hall–Kier alpha value is -2.64. The number of para-hydroxylation sites is 1. The molecular formula is C20H18N4OS2. The lowest BCUT2D eigenvalue weighted by molar-refractivity contribution is 0.0988. The molecule has 0 N–H and O–H groups in total. The summed E-state index contributed by atoms with van der Waals surface area (Å²) in [6, 6.07) is 9.94. The van der Waals surface area contributed by atoms with Gasteiger partial charge in [-0.2, -0.15) is 0 Å². The molecule has 7 heteroatoms. The SMILES string of the molecule is Cc1nc(C)c(C(=O)N(Cc2cccnc2)c2nc3c(C)cccc3s2)s1. The summed E-state index contributed by atoms with van der Waals surface area (Å²) in [5, 5.41) is 1.58. The molecule has 1 aromatic carbocycles. The molecule has 0 radical (unpaired) electrons. The first-order valence-electron chi connectivity index (χ1n) is 8.54. The third-order valence-corrected chi connectivity index (χ3v) is 6.35. The van der Waals surface area contributed by atoms with E-state index in [0.29, 0.717) is 16.6 Å². The van der Waals surface area contributed by atoms with Crippen molar-refractivity contribution in [1.82, 2.24) is 15.0 Å². The number of nitrogens with zero attached hydrogens (tertiary/aromatic N) is 4. The summed E-state index contributed by atoms with van der Waals surface area (Å²) in [6.07, 6.45) is 3.51. The van der Waals surface area contributed by atoms with Crippen LogP contribution in [0.5, 0.6) is 0 Å². The van der Waals surface area contributed by atoms with E-state index in [4.69, 9.17) is 4.98 Å². The molecule has 5 nitrogen and oxygen atoms in total. The first-order valence-corrected chi connectivity index (χ1v) is 10.2. The van der Waals surface area contributed by atoms with Crippen molar-refractivity contribution in [3.8, 4) is 0 Å². The van der Waals surface area contributed by atoms with Crippen molar-refractivity contribution in [2.24, 2.45) is 0 Å². The van der Waals surface area contributed by atoms with Gasteiger partial charge in [0.25, 0.3) is 5.91 Å². The highest BCUT2D eigenvalue weighted by molar-refractivity contribution is 7.22. The van der Waals surface area contributed by atoms with E-state index in [2.05, 4.69) is 9.97 Å². The number of pyridine rings is 1. The normalized spacial score (nSPS) is 11.1. The minimum absolute atomic E-state index is 0.0707. The van der Waals surface area contributed by atoms with Gasteiger partial charge in [-0.05, 0) is 44.0 Å². The average Bonchev–Trinajstić information content (AvgIpc) is 3.23. The number of benzene rings is 1. The van der Waals surface area contributed by atoms with Crippen LogP contribution in [-0.2, 0) is 6.54 Å². The maximum atomic E-state index is 13.4. The Kier molecular flexibility index (Phi) is 4.72. The molecule has 3 heterocycles. The van der Waals surface area contributed by atoms with Crippen molar-refractivity contribution < 1.29 is 4.79 Å². The van der Waals surface area contributed by atoms with Crippen LogP contribution in [0.4, 0.5) is 5.13 Å². The number of anilines is 1. The molecule has 0 aliphatic heterocycles. The number of rotatable bonds is 4. The van der Waals surface area contributed by atoms with Crippen LogP contribution in [0, 0.1) is 20.8 Å². The van der Waals surface area contributed by atoms with Crippen LogP contribution in [0.3, 0.4) is 0 Å². The third kappa shape index (κ3) is 3.48. The second kappa shape index (κ2) is 7.17. The van der Waals surface area contributed by atoms with E-state index >= 15 is 0 Å². The second-order valence-electron chi connectivity index (χ2n) is 6.32. The van der Waals surface area contributed by atoms with Gasteiger partial charge in [0, 0.05) is 12.4 Å². The Balaban J connectivity index is 1.80. The molecule has 0 atom stereocenters. The fourth-order valence-corrected chi connectivity index (χ4v) is 4.85. The van der Waals surface area contributed by atoms with Crippen molar-refractivity contribution in [1.29, 1.82) is 0 Å². The number of carbonyl (C=O) groups is 1. The van der Waals surface area contributed by atoms with E-state index < -0.39 is 0 Å². The Morgan fingerprint density at radius 3 is 2.59 bits per heavy atom. The lowest BCUT2D eigenvalue weighted by atomic mass is 10.2. The molecule has 27 heavy (non-hydrogen) atoms. The first kappa shape index (κ1) is 17.8. The monoisotopic (exact) mass is 394 g/mol.